The molecule has 1 aromatic carbocycles. The average molecular weight is 286 g/mol. The van der Waals surface area contributed by atoms with Gasteiger partial charge in [0.15, 0.2) is 0 Å². The summed E-state index contributed by atoms with van der Waals surface area (Å²) in [5, 5.41) is 4.86. The molecule has 2 aromatic rings. The quantitative estimate of drug-likeness (QED) is 0.858. The maximum atomic E-state index is 4.88. The van der Waals surface area contributed by atoms with Crippen LogP contribution in [0.4, 0.5) is 0 Å². The van der Waals surface area contributed by atoms with Crippen LogP contribution in [0.5, 0.6) is 0 Å². The lowest BCUT2D eigenvalue weighted by Crippen LogP contribution is -2.16. The molecule has 1 aliphatic carbocycles. The predicted octanol–water partition coefficient (Wildman–Crippen LogP) is 4.26. The first-order valence-corrected chi connectivity index (χ1v) is 8.31. The fourth-order valence-corrected chi connectivity index (χ4v) is 3.60. The Labute approximate surface area is 125 Å². The normalized spacial score (nSPS) is 14.9. The first kappa shape index (κ1) is 13.8. The van der Waals surface area contributed by atoms with E-state index in [9.17, 15) is 0 Å². The van der Waals surface area contributed by atoms with E-state index >= 15 is 0 Å². The van der Waals surface area contributed by atoms with Gasteiger partial charge in [-0.25, -0.2) is 4.98 Å². The van der Waals surface area contributed by atoms with Gasteiger partial charge in [0.1, 0.15) is 0 Å². The second kappa shape index (κ2) is 6.06. The van der Waals surface area contributed by atoms with Crippen LogP contribution in [0.2, 0.25) is 0 Å². The van der Waals surface area contributed by atoms with Crippen LogP contribution in [0, 0.1) is 5.92 Å². The highest BCUT2D eigenvalue weighted by atomic mass is 32.1. The van der Waals surface area contributed by atoms with E-state index in [1.165, 1.54) is 34.0 Å². The summed E-state index contributed by atoms with van der Waals surface area (Å²) in [5.74, 6) is 0.661. The van der Waals surface area contributed by atoms with E-state index in [4.69, 9.17) is 4.98 Å². The maximum absolute atomic E-state index is 4.88. The third-order valence-electron chi connectivity index (χ3n) is 3.50. The van der Waals surface area contributed by atoms with Crippen molar-refractivity contribution in [3.05, 3.63) is 41.0 Å². The topological polar surface area (TPSA) is 24.9 Å². The van der Waals surface area contributed by atoms with Crippen molar-refractivity contribution in [2.75, 3.05) is 0 Å². The molecule has 2 nitrogen and oxygen atoms in total. The number of hydrogen-bond donors (Lipinski definition) is 1. The van der Waals surface area contributed by atoms with Crippen molar-refractivity contribution in [1.82, 2.24) is 10.3 Å². The number of nitrogens with zero attached hydrogens (tertiary/aromatic N) is 1. The Kier molecular flexibility index (Phi) is 4.18. The van der Waals surface area contributed by atoms with Gasteiger partial charge in [-0.05, 0) is 24.3 Å². The fraction of sp³-hybridized carbons (Fsp3) is 0.471. The minimum absolute atomic E-state index is 0.661. The van der Waals surface area contributed by atoms with Crippen molar-refractivity contribution >= 4 is 11.3 Å². The van der Waals surface area contributed by atoms with Gasteiger partial charge in [0.2, 0.25) is 0 Å². The third kappa shape index (κ3) is 3.47. The average Bonchev–Trinajstić information content (AvgIpc) is 3.18. The molecule has 3 heteroatoms. The lowest BCUT2D eigenvalue weighted by molar-refractivity contribution is 0.636. The van der Waals surface area contributed by atoms with Gasteiger partial charge in [-0.3, -0.25) is 0 Å². The molecule has 0 spiro atoms. The zero-order valence-corrected chi connectivity index (χ0v) is 13.0. The van der Waals surface area contributed by atoms with E-state index < -0.39 is 0 Å². The maximum Gasteiger partial charge on any atom is 0.0937 e. The number of thiazole rings is 1. The van der Waals surface area contributed by atoms with Gasteiger partial charge in [0.05, 0.1) is 15.6 Å². The number of hydrogen-bond acceptors (Lipinski definition) is 3. The van der Waals surface area contributed by atoms with Crippen molar-refractivity contribution in [1.29, 1.82) is 0 Å². The minimum atomic E-state index is 0.661. The van der Waals surface area contributed by atoms with E-state index in [-0.39, 0.29) is 0 Å². The van der Waals surface area contributed by atoms with E-state index in [1.807, 2.05) is 11.3 Å². The summed E-state index contributed by atoms with van der Waals surface area (Å²) in [6.07, 6.45) is 3.72. The van der Waals surface area contributed by atoms with Crippen molar-refractivity contribution in [3.8, 4) is 10.4 Å². The molecule has 106 valence electrons. The first-order chi connectivity index (χ1) is 9.72. The number of nitrogens with one attached hydrogen (secondary N) is 1. The molecule has 1 aromatic heterocycles. The highest BCUT2D eigenvalue weighted by Crippen LogP contribution is 2.32. The molecule has 0 atom stereocenters. The fourth-order valence-electron chi connectivity index (χ4n) is 2.30. The number of benzene rings is 1. The predicted molar refractivity (Wildman–Crippen MR) is 86.0 cm³/mol. The van der Waals surface area contributed by atoms with Crippen LogP contribution in [0.25, 0.3) is 10.4 Å². The number of aromatic nitrogens is 1. The van der Waals surface area contributed by atoms with E-state index in [0.29, 0.717) is 5.92 Å². The highest BCUT2D eigenvalue weighted by Gasteiger charge is 2.22. The standard InChI is InChI=1S/C17H22N2S/c1-12(2)10-16-19-15(11-18-14-8-9-14)17(20-16)13-6-4-3-5-7-13/h3-7,12,14,18H,8-11H2,1-2H3. The second-order valence-corrected chi connectivity index (χ2v) is 7.09. The van der Waals surface area contributed by atoms with Gasteiger partial charge in [-0.1, -0.05) is 44.2 Å². The molecule has 1 aliphatic rings. The Balaban J connectivity index is 1.86. The monoisotopic (exact) mass is 286 g/mol. The Morgan fingerprint density at radius 2 is 2.00 bits per heavy atom. The molecule has 20 heavy (non-hydrogen) atoms. The summed E-state index contributed by atoms with van der Waals surface area (Å²) in [4.78, 5) is 6.22. The molecule has 1 fully saturated rings. The Bertz CT molecular complexity index is 556. The Morgan fingerprint density at radius 1 is 1.25 bits per heavy atom. The molecule has 1 N–H and O–H groups in total. The van der Waals surface area contributed by atoms with Gasteiger partial charge >= 0.3 is 0 Å². The van der Waals surface area contributed by atoms with Crippen LogP contribution in [0.1, 0.15) is 37.4 Å². The molecule has 1 saturated carbocycles. The number of rotatable bonds is 6. The SMILES string of the molecule is CC(C)Cc1nc(CNC2CC2)c(-c2ccccc2)s1. The summed E-state index contributed by atoms with van der Waals surface area (Å²) in [6.45, 7) is 5.42. The second-order valence-electron chi connectivity index (χ2n) is 6.00. The Morgan fingerprint density at radius 3 is 2.65 bits per heavy atom. The van der Waals surface area contributed by atoms with Crippen LogP contribution < -0.4 is 5.32 Å². The molecule has 1 heterocycles. The molecule has 0 unspecified atom stereocenters. The summed E-state index contributed by atoms with van der Waals surface area (Å²) in [6, 6.07) is 11.4. The molecule has 0 saturated heterocycles. The van der Waals surface area contributed by atoms with Crippen LogP contribution in [0.15, 0.2) is 30.3 Å². The van der Waals surface area contributed by atoms with E-state index in [2.05, 4.69) is 49.5 Å². The smallest absolute Gasteiger partial charge is 0.0937 e. The summed E-state index contributed by atoms with van der Waals surface area (Å²) in [5.41, 5.74) is 2.52. The van der Waals surface area contributed by atoms with Gasteiger partial charge < -0.3 is 5.32 Å². The van der Waals surface area contributed by atoms with Crippen molar-refractivity contribution in [2.24, 2.45) is 5.92 Å². The van der Waals surface area contributed by atoms with Crippen LogP contribution in [-0.4, -0.2) is 11.0 Å². The zero-order chi connectivity index (χ0) is 13.9. The van der Waals surface area contributed by atoms with Gasteiger partial charge in [-0.15, -0.1) is 11.3 Å². The molecular weight excluding hydrogens is 264 g/mol. The van der Waals surface area contributed by atoms with Gasteiger partial charge in [-0.2, -0.15) is 0 Å². The zero-order valence-electron chi connectivity index (χ0n) is 12.2. The third-order valence-corrected chi connectivity index (χ3v) is 4.67. The Hall–Kier alpha value is -1.19. The van der Waals surface area contributed by atoms with Crippen LogP contribution in [-0.2, 0) is 13.0 Å². The van der Waals surface area contributed by atoms with Crippen LogP contribution in [0.3, 0.4) is 0 Å². The van der Waals surface area contributed by atoms with E-state index in [1.54, 1.807) is 0 Å². The molecule has 3 rings (SSSR count). The van der Waals surface area contributed by atoms with Gasteiger partial charge in [0.25, 0.3) is 0 Å². The molecule has 0 aliphatic heterocycles. The largest absolute Gasteiger partial charge is 0.308 e. The molecule has 0 amide bonds. The summed E-state index contributed by atoms with van der Waals surface area (Å²) < 4.78 is 0. The van der Waals surface area contributed by atoms with Crippen molar-refractivity contribution in [3.63, 3.8) is 0 Å². The molecule has 0 bridgehead atoms. The highest BCUT2D eigenvalue weighted by molar-refractivity contribution is 7.15. The minimum Gasteiger partial charge on any atom is -0.308 e. The van der Waals surface area contributed by atoms with Crippen molar-refractivity contribution < 1.29 is 0 Å². The molecule has 0 radical (unpaired) electrons. The van der Waals surface area contributed by atoms with Crippen molar-refractivity contribution in [2.45, 2.75) is 45.7 Å². The first-order valence-electron chi connectivity index (χ1n) is 7.49. The summed E-state index contributed by atoms with van der Waals surface area (Å²) >= 11 is 1.86. The lowest BCUT2D eigenvalue weighted by Gasteiger charge is -2.03. The van der Waals surface area contributed by atoms with Crippen LogP contribution >= 0.6 is 11.3 Å². The molecular formula is C17H22N2S. The van der Waals surface area contributed by atoms with E-state index in [0.717, 1.165) is 19.0 Å². The van der Waals surface area contributed by atoms with Gasteiger partial charge in [0, 0.05) is 19.0 Å². The summed E-state index contributed by atoms with van der Waals surface area (Å²) in [7, 11) is 0. The lowest BCUT2D eigenvalue weighted by atomic mass is 10.1.